The van der Waals surface area contributed by atoms with E-state index < -0.39 is 11.3 Å². The quantitative estimate of drug-likeness (QED) is 0.465. The maximum atomic E-state index is 12.8. The Bertz CT molecular complexity index is 1410. The minimum Gasteiger partial charge on any atom is -0.493 e. The van der Waals surface area contributed by atoms with Crippen LogP contribution < -0.4 is 20.7 Å². The summed E-state index contributed by atoms with van der Waals surface area (Å²) in [5, 5.41) is 1.21. The van der Waals surface area contributed by atoms with Crippen LogP contribution in [-0.4, -0.2) is 19.5 Å². The number of hydrogen-bond donors (Lipinski definition) is 0. The molecule has 4 aromatic rings. The van der Waals surface area contributed by atoms with Gasteiger partial charge in [0.2, 0.25) is 0 Å². The van der Waals surface area contributed by atoms with E-state index in [4.69, 9.17) is 18.3 Å². The highest BCUT2D eigenvalue weighted by Gasteiger charge is 2.17. The minimum absolute atomic E-state index is 0.0909. The van der Waals surface area contributed by atoms with Gasteiger partial charge in [0.1, 0.15) is 17.9 Å². The molecule has 0 fully saturated rings. The Morgan fingerprint density at radius 1 is 0.967 bits per heavy atom. The number of methoxy groups -OCH3 is 1. The second kappa shape index (κ2) is 7.51. The third-order valence-corrected chi connectivity index (χ3v) is 4.78. The fraction of sp³-hybridized carbons (Fsp3) is 0.174. The van der Waals surface area contributed by atoms with Gasteiger partial charge in [0, 0.05) is 28.0 Å². The van der Waals surface area contributed by atoms with Gasteiger partial charge in [0.25, 0.3) is 0 Å². The van der Waals surface area contributed by atoms with E-state index in [0.29, 0.717) is 39.0 Å². The van der Waals surface area contributed by atoms with E-state index in [1.807, 2.05) is 0 Å². The van der Waals surface area contributed by atoms with Crippen LogP contribution in [0.15, 0.2) is 60.9 Å². The van der Waals surface area contributed by atoms with Crippen LogP contribution in [-0.2, 0) is 4.79 Å². The van der Waals surface area contributed by atoms with Gasteiger partial charge in [-0.2, -0.15) is 0 Å². The van der Waals surface area contributed by atoms with Crippen molar-refractivity contribution in [3.8, 4) is 22.6 Å². The van der Waals surface area contributed by atoms with Crippen LogP contribution in [0.2, 0.25) is 0 Å². The Morgan fingerprint density at radius 2 is 1.77 bits per heavy atom. The van der Waals surface area contributed by atoms with Gasteiger partial charge in [-0.3, -0.25) is 4.79 Å². The maximum absolute atomic E-state index is 12.8. The number of carbonyl (C=O) groups excluding carboxylic acids is 1. The van der Waals surface area contributed by atoms with Gasteiger partial charge in [0.05, 0.1) is 12.7 Å². The number of para-hydroxylation sites is 1. The van der Waals surface area contributed by atoms with Crippen molar-refractivity contribution in [2.45, 2.75) is 13.8 Å². The van der Waals surface area contributed by atoms with Crippen molar-refractivity contribution in [1.82, 2.24) is 0 Å². The van der Waals surface area contributed by atoms with Gasteiger partial charge >= 0.3 is 11.3 Å². The molecule has 0 amide bonds. The van der Waals surface area contributed by atoms with E-state index in [-0.39, 0.29) is 23.5 Å². The number of benzene rings is 2. The number of aryl methyl sites for hydroxylation is 1. The Kier molecular flexibility index (Phi) is 4.87. The van der Waals surface area contributed by atoms with Crippen LogP contribution in [0.1, 0.15) is 12.5 Å². The Morgan fingerprint density at radius 3 is 2.50 bits per heavy atom. The summed E-state index contributed by atoms with van der Waals surface area (Å²) in [6, 6.07) is 11.6. The van der Waals surface area contributed by atoms with Crippen molar-refractivity contribution in [2.24, 2.45) is 0 Å². The number of fused-ring (bicyclic) bond motifs is 2. The molecule has 0 spiro atoms. The van der Waals surface area contributed by atoms with Crippen LogP contribution >= 0.6 is 0 Å². The Labute approximate surface area is 170 Å². The van der Waals surface area contributed by atoms with Crippen LogP contribution in [0.25, 0.3) is 33.1 Å². The fourth-order valence-electron chi connectivity index (χ4n) is 3.37. The zero-order valence-electron chi connectivity index (χ0n) is 16.6. The minimum atomic E-state index is -0.616. The molecule has 152 valence electrons. The highest BCUT2D eigenvalue weighted by Crippen LogP contribution is 2.34. The molecular formula is C23H18O7. The highest BCUT2D eigenvalue weighted by atomic mass is 16.5. The predicted octanol–water partition coefficient (Wildman–Crippen LogP) is 3.85. The van der Waals surface area contributed by atoms with Crippen molar-refractivity contribution >= 4 is 27.7 Å². The molecule has 2 aromatic carbocycles. The van der Waals surface area contributed by atoms with Crippen molar-refractivity contribution in [2.75, 3.05) is 13.7 Å². The van der Waals surface area contributed by atoms with Gasteiger partial charge in [0.15, 0.2) is 17.1 Å². The SMILES string of the molecule is COc1cccc2cc(-c3cc(=O)oc4c(C)c(OCC(C)=O)ccc34)c(=O)oc12. The van der Waals surface area contributed by atoms with E-state index in [0.717, 1.165) is 0 Å². The van der Waals surface area contributed by atoms with Gasteiger partial charge in [-0.05, 0) is 38.1 Å². The number of ether oxygens (including phenoxy) is 2. The molecule has 0 saturated heterocycles. The number of hydrogen-bond acceptors (Lipinski definition) is 7. The third kappa shape index (κ3) is 3.34. The molecule has 0 saturated carbocycles. The average Bonchev–Trinajstić information content (AvgIpc) is 2.72. The number of Topliss-reactive ketones (excluding diaryl/α,β-unsaturated/α-hetero) is 1. The molecule has 0 bridgehead atoms. The van der Waals surface area contributed by atoms with Gasteiger partial charge < -0.3 is 18.3 Å². The van der Waals surface area contributed by atoms with E-state index in [1.54, 1.807) is 43.3 Å². The zero-order valence-corrected chi connectivity index (χ0v) is 16.6. The first kappa shape index (κ1) is 19.4. The first-order chi connectivity index (χ1) is 14.4. The molecule has 7 heteroatoms. The van der Waals surface area contributed by atoms with Crippen molar-refractivity contribution in [3.05, 3.63) is 68.9 Å². The predicted molar refractivity (Wildman–Crippen MR) is 111 cm³/mol. The molecule has 2 heterocycles. The molecule has 0 aliphatic heterocycles. The molecule has 0 N–H and O–H groups in total. The smallest absolute Gasteiger partial charge is 0.344 e. The Hall–Kier alpha value is -3.87. The molecular weight excluding hydrogens is 388 g/mol. The van der Waals surface area contributed by atoms with Crippen LogP contribution in [0.4, 0.5) is 0 Å². The number of rotatable bonds is 5. The summed E-state index contributed by atoms with van der Waals surface area (Å²) in [5.41, 5.74) is 0.565. The normalized spacial score (nSPS) is 11.0. The second-order valence-corrected chi connectivity index (χ2v) is 6.86. The van der Waals surface area contributed by atoms with Crippen LogP contribution in [0.5, 0.6) is 11.5 Å². The van der Waals surface area contributed by atoms with Gasteiger partial charge in [-0.1, -0.05) is 12.1 Å². The van der Waals surface area contributed by atoms with E-state index >= 15 is 0 Å². The molecule has 0 aliphatic carbocycles. The van der Waals surface area contributed by atoms with E-state index in [9.17, 15) is 14.4 Å². The van der Waals surface area contributed by atoms with E-state index in [2.05, 4.69) is 0 Å². The lowest BCUT2D eigenvalue weighted by molar-refractivity contribution is -0.118. The summed E-state index contributed by atoms with van der Waals surface area (Å²) in [6.45, 7) is 3.05. The van der Waals surface area contributed by atoms with Crippen molar-refractivity contribution in [1.29, 1.82) is 0 Å². The molecule has 0 radical (unpaired) electrons. The summed E-state index contributed by atoms with van der Waals surface area (Å²) in [6.07, 6.45) is 0. The summed E-state index contributed by atoms with van der Waals surface area (Å²) in [4.78, 5) is 36.3. The zero-order chi connectivity index (χ0) is 21.4. The van der Waals surface area contributed by atoms with Gasteiger partial charge in [-0.15, -0.1) is 0 Å². The lowest BCUT2D eigenvalue weighted by Crippen LogP contribution is -2.09. The molecule has 0 aliphatic rings. The monoisotopic (exact) mass is 406 g/mol. The second-order valence-electron chi connectivity index (χ2n) is 6.86. The molecule has 0 atom stereocenters. The lowest BCUT2D eigenvalue weighted by atomic mass is 10.0. The topological polar surface area (TPSA) is 96.0 Å². The van der Waals surface area contributed by atoms with Gasteiger partial charge in [-0.25, -0.2) is 9.59 Å². The highest BCUT2D eigenvalue weighted by molar-refractivity contribution is 5.97. The molecule has 0 unspecified atom stereocenters. The summed E-state index contributed by atoms with van der Waals surface area (Å²) < 4.78 is 21.6. The summed E-state index contributed by atoms with van der Waals surface area (Å²) >= 11 is 0. The fourth-order valence-corrected chi connectivity index (χ4v) is 3.37. The standard InChI is InChI=1S/C23H18O7/c1-12(24)11-28-18-8-7-15-16(10-20(25)29-21(15)13(18)2)17-9-14-5-4-6-19(27-3)22(14)30-23(17)26/h4-10H,11H2,1-3H3. The van der Waals surface area contributed by atoms with Crippen molar-refractivity contribution < 1.29 is 23.1 Å². The molecule has 4 rings (SSSR count). The molecule has 30 heavy (non-hydrogen) atoms. The molecule has 7 nitrogen and oxygen atoms in total. The third-order valence-electron chi connectivity index (χ3n) is 4.78. The van der Waals surface area contributed by atoms with E-state index in [1.165, 1.54) is 20.1 Å². The number of carbonyl (C=O) groups is 1. The average molecular weight is 406 g/mol. The Balaban J connectivity index is 1.96. The lowest BCUT2D eigenvalue weighted by Gasteiger charge is -2.12. The van der Waals surface area contributed by atoms with Crippen LogP contribution in [0, 0.1) is 6.92 Å². The first-order valence-corrected chi connectivity index (χ1v) is 9.20. The van der Waals surface area contributed by atoms with Crippen molar-refractivity contribution in [3.63, 3.8) is 0 Å². The maximum Gasteiger partial charge on any atom is 0.344 e. The van der Waals surface area contributed by atoms with Crippen LogP contribution in [0.3, 0.4) is 0 Å². The summed E-state index contributed by atoms with van der Waals surface area (Å²) in [7, 11) is 1.49. The first-order valence-electron chi connectivity index (χ1n) is 9.20. The number of ketones is 1. The summed E-state index contributed by atoms with van der Waals surface area (Å²) in [5.74, 6) is 0.735. The molecule has 2 aromatic heterocycles. The largest absolute Gasteiger partial charge is 0.493 e.